The molecule has 0 bridgehead atoms. The lowest BCUT2D eigenvalue weighted by atomic mass is 10.1. The van der Waals surface area contributed by atoms with Crippen molar-refractivity contribution in [2.75, 3.05) is 7.05 Å². The van der Waals surface area contributed by atoms with Gasteiger partial charge in [0.25, 0.3) is 0 Å². The van der Waals surface area contributed by atoms with E-state index in [9.17, 15) is 0 Å². The fourth-order valence-corrected chi connectivity index (χ4v) is 2.32. The Morgan fingerprint density at radius 2 is 2.12 bits per heavy atom. The summed E-state index contributed by atoms with van der Waals surface area (Å²) in [5.41, 5.74) is 2.40. The summed E-state index contributed by atoms with van der Waals surface area (Å²) in [5.74, 6) is 0. The number of likely N-dealkylation sites (N-methyl/N-ethyl adjacent to an activating group) is 1. The minimum absolute atomic E-state index is 0.285. The molecule has 2 rings (SSSR count). The van der Waals surface area contributed by atoms with Crippen LogP contribution in [0, 0.1) is 6.92 Å². The molecular weight excluding hydrogens is 218 g/mol. The fraction of sp³-hybridized carbons (Fsp3) is 0.333. The first kappa shape index (κ1) is 11.2. The minimum Gasteiger partial charge on any atom is -0.311 e. The Kier molecular flexibility index (Phi) is 3.64. The Bertz CT molecular complexity index is 439. The standard InChI is InChI=1S/C12H15N3S/c1-9-15-12(8-16-9)11(13-2)7-10-3-5-14-6-4-10/h3-6,8,11,13H,7H2,1-2H3. The lowest BCUT2D eigenvalue weighted by Crippen LogP contribution is -2.19. The zero-order valence-electron chi connectivity index (χ0n) is 9.47. The highest BCUT2D eigenvalue weighted by Crippen LogP contribution is 2.19. The van der Waals surface area contributed by atoms with Crippen LogP contribution in [0.5, 0.6) is 0 Å². The Balaban J connectivity index is 2.12. The summed E-state index contributed by atoms with van der Waals surface area (Å²) in [6.45, 7) is 2.04. The molecule has 0 aliphatic rings. The van der Waals surface area contributed by atoms with Gasteiger partial charge in [0.15, 0.2) is 0 Å². The highest BCUT2D eigenvalue weighted by atomic mass is 32.1. The third-order valence-electron chi connectivity index (χ3n) is 2.53. The van der Waals surface area contributed by atoms with Crippen LogP contribution in [0.3, 0.4) is 0 Å². The third-order valence-corrected chi connectivity index (χ3v) is 3.32. The quantitative estimate of drug-likeness (QED) is 0.881. The van der Waals surface area contributed by atoms with Gasteiger partial charge in [0.2, 0.25) is 0 Å². The van der Waals surface area contributed by atoms with Crippen LogP contribution in [0.2, 0.25) is 0 Å². The van der Waals surface area contributed by atoms with Crippen molar-refractivity contribution >= 4 is 11.3 Å². The van der Waals surface area contributed by atoms with Crippen LogP contribution in [0.25, 0.3) is 0 Å². The SMILES string of the molecule is CNC(Cc1ccncc1)c1csc(C)n1. The molecule has 2 heterocycles. The number of pyridine rings is 1. The summed E-state index contributed by atoms with van der Waals surface area (Å²) in [7, 11) is 1.97. The molecule has 0 aromatic carbocycles. The van der Waals surface area contributed by atoms with Crippen molar-refractivity contribution in [1.82, 2.24) is 15.3 Å². The molecule has 0 saturated carbocycles. The maximum Gasteiger partial charge on any atom is 0.0898 e. The van der Waals surface area contributed by atoms with Crippen LogP contribution in [0.1, 0.15) is 22.3 Å². The number of rotatable bonds is 4. The molecule has 1 atom stereocenters. The summed E-state index contributed by atoms with van der Waals surface area (Å²) in [6, 6.07) is 4.37. The molecule has 2 aromatic heterocycles. The maximum absolute atomic E-state index is 4.52. The van der Waals surface area contributed by atoms with Gasteiger partial charge in [-0.15, -0.1) is 11.3 Å². The van der Waals surface area contributed by atoms with Crippen molar-refractivity contribution < 1.29 is 0 Å². The lowest BCUT2D eigenvalue weighted by molar-refractivity contribution is 0.578. The molecule has 0 aliphatic heterocycles. The van der Waals surface area contributed by atoms with Gasteiger partial charge in [-0.3, -0.25) is 4.98 Å². The highest BCUT2D eigenvalue weighted by Gasteiger charge is 2.12. The van der Waals surface area contributed by atoms with Crippen LogP contribution >= 0.6 is 11.3 Å². The molecule has 1 N–H and O–H groups in total. The van der Waals surface area contributed by atoms with E-state index >= 15 is 0 Å². The number of aromatic nitrogens is 2. The van der Waals surface area contributed by atoms with Gasteiger partial charge in [-0.2, -0.15) is 0 Å². The summed E-state index contributed by atoms with van der Waals surface area (Å²) in [6.07, 6.45) is 4.60. The first-order chi connectivity index (χ1) is 7.79. The van der Waals surface area contributed by atoms with Crippen molar-refractivity contribution in [3.63, 3.8) is 0 Å². The topological polar surface area (TPSA) is 37.8 Å². The third kappa shape index (κ3) is 2.65. The Morgan fingerprint density at radius 1 is 1.38 bits per heavy atom. The zero-order valence-corrected chi connectivity index (χ0v) is 10.3. The molecule has 3 nitrogen and oxygen atoms in total. The number of hydrogen-bond donors (Lipinski definition) is 1. The van der Waals surface area contributed by atoms with Gasteiger partial charge >= 0.3 is 0 Å². The number of nitrogens with zero attached hydrogens (tertiary/aromatic N) is 2. The lowest BCUT2D eigenvalue weighted by Gasteiger charge is -2.13. The summed E-state index contributed by atoms with van der Waals surface area (Å²) < 4.78 is 0. The monoisotopic (exact) mass is 233 g/mol. The molecule has 1 unspecified atom stereocenters. The number of nitrogens with one attached hydrogen (secondary N) is 1. The zero-order chi connectivity index (χ0) is 11.4. The second kappa shape index (κ2) is 5.18. The van der Waals surface area contributed by atoms with Crippen LogP contribution in [-0.2, 0) is 6.42 Å². The molecular formula is C12H15N3S. The normalized spacial score (nSPS) is 12.6. The molecule has 0 fully saturated rings. The van der Waals surface area contributed by atoms with Crippen LogP contribution in [-0.4, -0.2) is 17.0 Å². The summed E-state index contributed by atoms with van der Waals surface area (Å²) in [5, 5.41) is 6.54. The number of hydrogen-bond acceptors (Lipinski definition) is 4. The Hall–Kier alpha value is -1.26. The van der Waals surface area contributed by atoms with Crippen molar-refractivity contribution in [2.24, 2.45) is 0 Å². The predicted molar refractivity (Wildman–Crippen MR) is 66.6 cm³/mol. The predicted octanol–water partition coefficient (Wildman–Crippen LogP) is 2.35. The van der Waals surface area contributed by atoms with Gasteiger partial charge in [-0.05, 0) is 38.1 Å². The van der Waals surface area contributed by atoms with E-state index in [1.54, 1.807) is 11.3 Å². The van der Waals surface area contributed by atoms with E-state index in [1.165, 1.54) is 5.56 Å². The number of aryl methyl sites for hydroxylation is 1. The summed E-state index contributed by atoms with van der Waals surface area (Å²) in [4.78, 5) is 8.54. The van der Waals surface area contributed by atoms with Crippen LogP contribution < -0.4 is 5.32 Å². The van der Waals surface area contributed by atoms with E-state index in [0.717, 1.165) is 17.1 Å². The Labute approximate surface area is 99.6 Å². The molecule has 16 heavy (non-hydrogen) atoms. The van der Waals surface area contributed by atoms with Gasteiger partial charge in [0.1, 0.15) is 0 Å². The highest BCUT2D eigenvalue weighted by molar-refractivity contribution is 7.09. The molecule has 0 spiro atoms. The minimum atomic E-state index is 0.285. The van der Waals surface area contributed by atoms with Crippen LogP contribution in [0.15, 0.2) is 29.9 Å². The molecule has 0 amide bonds. The van der Waals surface area contributed by atoms with Crippen molar-refractivity contribution in [1.29, 1.82) is 0 Å². The van der Waals surface area contributed by atoms with E-state index in [2.05, 4.69) is 20.7 Å². The first-order valence-corrected chi connectivity index (χ1v) is 6.15. The van der Waals surface area contributed by atoms with Crippen molar-refractivity contribution in [3.8, 4) is 0 Å². The van der Waals surface area contributed by atoms with Crippen molar-refractivity contribution in [3.05, 3.63) is 46.2 Å². The summed E-state index contributed by atoms with van der Waals surface area (Å²) >= 11 is 1.70. The van der Waals surface area contributed by atoms with Gasteiger partial charge < -0.3 is 5.32 Å². The van der Waals surface area contributed by atoms with Crippen LogP contribution in [0.4, 0.5) is 0 Å². The average Bonchev–Trinajstić information content (AvgIpc) is 2.74. The van der Waals surface area contributed by atoms with E-state index in [0.29, 0.717) is 0 Å². The van der Waals surface area contributed by atoms with Gasteiger partial charge in [-0.1, -0.05) is 0 Å². The fourth-order valence-electron chi connectivity index (χ4n) is 1.65. The average molecular weight is 233 g/mol. The molecule has 0 radical (unpaired) electrons. The van der Waals surface area contributed by atoms with E-state index in [4.69, 9.17) is 0 Å². The van der Waals surface area contributed by atoms with E-state index in [-0.39, 0.29) is 6.04 Å². The Morgan fingerprint density at radius 3 is 2.69 bits per heavy atom. The first-order valence-electron chi connectivity index (χ1n) is 5.28. The largest absolute Gasteiger partial charge is 0.311 e. The second-order valence-electron chi connectivity index (χ2n) is 3.69. The molecule has 2 aromatic rings. The van der Waals surface area contributed by atoms with Gasteiger partial charge in [-0.25, -0.2) is 4.98 Å². The molecule has 0 aliphatic carbocycles. The second-order valence-corrected chi connectivity index (χ2v) is 4.75. The van der Waals surface area contributed by atoms with Gasteiger partial charge in [0, 0.05) is 17.8 Å². The molecule has 4 heteroatoms. The smallest absolute Gasteiger partial charge is 0.0898 e. The van der Waals surface area contributed by atoms with Crippen molar-refractivity contribution in [2.45, 2.75) is 19.4 Å². The van der Waals surface area contributed by atoms with E-state index in [1.807, 2.05) is 38.5 Å². The molecule has 84 valence electrons. The number of thiazole rings is 1. The van der Waals surface area contributed by atoms with E-state index < -0.39 is 0 Å². The maximum atomic E-state index is 4.52. The molecule has 0 saturated heterocycles. The van der Waals surface area contributed by atoms with Gasteiger partial charge in [0.05, 0.1) is 16.7 Å².